The van der Waals surface area contributed by atoms with Crippen LogP contribution in [0.25, 0.3) is 6.08 Å². The van der Waals surface area contributed by atoms with Crippen molar-refractivity contribution in [2.75, 3.05) is 5.75 Å². The van der Waals surface area contributed by atoms with Gasteiger partial charge in [-0.3, -0.25) is 4.79 Å². The largest absolute Gasteiger partial charge is 0.478 e. The minimum absolute atomic E-state index is 0.146. The number of aromatic carboxylic acids is 1. The Balaban J connectivity index is 1.74. The maximum absolute atomic E-state index is 12.3. The summed E-state index contributed by atoms with van der Waals surface area (Å²) in [5.74, 6) is -0.204. The Morgan fingerprint density at radius 3 is 2.52 bits per heavy atom. The number of allylic oxidation sites excluding steroid dienone is 2. The van der Waals surface area contributed by atoms with E-state index < -0.39 is 5.97 Å². The highest BCUT2D eigenvalue weighted by Crippen LogP contribution is 2.26. The van der Waals surface area contributed by atoms with Gasteiger partial charge in [0, 0.05) is 22.4 Å². The van der Waals surface area contributed by atoms with Gasteiger partial charge in [-0.1, -0.05) is 6.08 Å². The minimum Gasteiger partial charge on any atom is -0.478 e. The molecule has 0 aliphatic carbocycles. The lowest BCUT2D eigenvalue weighted by atomic mass is 10.1. The highest BCUT2D eigenvalue weighted by atomic mass is 32.2. The number of thioether (sulfide) groups is 1. The van der Waals surface area contributed by atoms with E-state index in [9.17, 15) is 9.59 Å². The average Bonchev–Trinajstić information content (AvgIpc) is 3.24. The SMILES string of the molecule is O=C(O)c1ccc(C(=O)n2ccc(/C=C/C3=CCCS3)n2)cc1. The molecule has 6 heteroatoms. The third-order valence-corrected chi connectivity index (χ3v) is 4.42. The zero-order valence-corrected chi connectivity index (χ0v) is 13.0. The van der Waals surface area contributed by atoms with Crippen LogP contribution in [-0.4, -0.2) is 32.5 Å². The van der Waals surface area contributed by atoms with E-state index in [1.54, 1.807) is 24.0 Å². The first-order valence-corrected chi connectivity index (χ1v) is 8.07. The third-order valence-electron chi connectivity index (χ3n) is 3.35. The van der Waals surface area contributed by atoms with Crippen LogP contribution in [0.1, 0.15) is 32.8 Å². The molecule has 0 amide bonds. The predicted octanol–water partition coefficient (Wildman–Crippen LogP) is 3.30. The van der Waals surface area contributed by atoms with Crippen molar-refractivity contribution in [3.63, 3.8) is 0 Å². The summed E-state index contributed by atoms with van der Waals surface area (Å²) in [6.45, 7) is 0. The number of carboxylic acid groups (broad SMARTS) is 1. The van der Waals surface area contributed by atoms with Gasteiger partial charge in [-0.05, 0) is 48.9 Å². The summed E-state index contributed by atoms with van der Waals surface area (Å²) in [5, 5.41) is 13.1. The number of hydrogen-bond donors (Lipinski definition) is 1. The summed E-state index contributed by atoms with van der Waals surface area (Å²) >= 11 is 1.80. The van der Waals surface area contributed by atoms with Crippen molar-refractivity contribution < 1.29 is 14.7 Å². The van der Waals surface area contributed by atoms with E-state index in [2.05, 4.69) is 11.2 Å². The number of benzene rings is 1. The number of carbonyl (C=O) groups excluding carboxylic acids is 1. The van der Waals surface area contributed by atoms with E-state index >= 15 is 0 Å². The quantitative estimate of drug-likeness (QED) is 0.933. The summed E-state index contributed by atoms with van der Waals surface area (Å²) in [7, 11) is 0. The summed E-state index contributed by atoms with van der Waals surface area (Å²) < 4.78 is 1.26. The molecule has 0 spiro atoms. The Bertz CT molecular complexity index is 804. The van der Waals surface area contributed by atoms with Crippen LogP contribution in [0.5, 0.6) is 0 Å². The standard InChI is InChI=1S/C17H14N2O3S/c20-16(12-3-5-13(6-4-12)17(21)22)19-10-9-14(18-19)7-8-15-2-1-11-23-15/h2-10H,1,11H2,(H,21,22)/b8-7+. The summed E-state index contributed by atoms with van der Waals surface area (Å²) in [6, 6.07) is 7.56. The molecule has 5 nitrogen and oxygen atoms in total. The van der Waals surface area contributed by atoms with Crippen LogP contribution in [-0.2, 0) is 0 Å². The topological polar surface area (TPSA) is 72.2 Å². The van der Waals surface area contributed by atoms with Gasteiger partial charge in [0.15, 0.2) is 0 Å². The van der Waals surface area contributed by atoms with Gasteiger partial charge in [-0.25, -0.2) is 9.48 Å². The van der Waals surface area contributed by atoms with E-state index in [1.165, 1.54) is 33.9 Å². The first-order valence-electron chi connectivity index (χ1n) is 7.08. The van der Waals surface area contributed by atoms with Crippen LogP contribution in [0.2, 0.25) is 0 Å². The molecule has 0 fully saturated rings. The molecule has 0 bridgehead atoms. The number of nitrogens with zero attached hydrogens (tertiary/aromatic N) is 2. The van der Waals surface area contributed by atoms with Crippen molar-refractivity contribution in [1.82, 2.24) is 9.78 Å². The van der Waals surface area contributed by atoms with Gasteiger partial charge in [-0.15, -0.1) is 11.8 Å². The predicted molar refractivity (Wildman–Crippen MR) is 89.5 cm³/mol. The molecule has 0 atom stereocenters. The Kier molecular flexibility index (Phi) is 4.43. The first kappa shape index (κ1) is 15.3. The second-order valence-electron chi connectivity index (χ2n) is 4.95. The Morgan fingerprint density at radius 1 is 1.13 bits per heavy atom. The van der Waals surface area contributed by atoms with E-state index in [4.69, 9.17) is 5.11 Å². The second-order valence-corrected chi connectivity index (χ2v) is 6.12. The van der Waals surface area contributed by atoms with E-state index in [0.717, 1.165) is 12.2 Å². The van der Waals surface area contributed by atoms with Gasteiger partial charge in [0.2, 0.25) is 0 Å². The molecular formula is C17H14N2O3S. The maximum atomic E-state index is 12.3. The van der Waals surface area contributed by atoms with Crippen LogP contribution in [0, 0.1) is 0 Å². The van der Waals surface area contributed by atoms with Crippen LogP contribution < -0.4 is 0 Å². The zero-order valence-electron chi connectivity index (χ0n) is 12.2. The van der Waals surface area contributed by atoms with Crippen molar-refractivity contribution in [2.45, 2.75) is 6.42 Å². The number of carbonyl (C=O) groups is 2. The summed E-state index contributed by atoms with van der Waals surface area (Å²) in [6.07, 6.45) is 8.73. The lowest BCUT2D eigenvalue weighted by Gasteiger charge is -2.01. The molecule has 23 heavy (non-hydrogen) atoms. The summed E-state index contributed by atoms with van der Waals surface area (Å²) in [5.41, 5.74) is 1.24. The van der Waals surface area contributed by atoms with Gasteiger partial charge >= 0.3 is 5.97 Å². The highest BCUT2D eigenvalue weighted by Gasteiger charge is 2.11. The lowest BCUT2D eigenvalue weighted by molar-refractivity contribution is 0.0696. The second kappa shape index (κ2) is 6.66. The van der Waals surface area contributed by atoms with Crippen molar-refractivity contribution in [3.05, 3.63) is 70.4 Å². The zero-order chi connectivity index (χ0) is 16.2. The lowest BCUT2D eigenvalue weighted by Crippen LogP contribution is -2.13. The van der Waals surface area contributed by atoms with Crippen molar-refractivity contribution >= 4 is 29.7 Å². The van der Waals surface area contributed by atoms with Gasteiger partial charge < -0.3 is 5.11 Å². The maximum Gasteiger partial charge on any atom is 0.335 e. The fourth-order valence-corrected chi connectivity index (χ4v) is 3.02. The van der Waals surface area contributed by atoms with Gasteiger partial charge in [0.05, 0.1) is 11.3 Å². The molecule has 0 unspecified atom stereocenters. The molecule has 2 heterocycles. The number of rotatable bonds is 4. The molecule has 2 aromatic rings. The number of aromatic nitrogens is 2. The van der Waals surface area contributed by atoms with E-state index in [-0.39, 0.29) is 11.5 Å². The molecule has 1 aromatic carbocycles. The van der Waals surface area contributed by atoms with Gasteiger partial charge in [-0.2, -0.15) is 5.10 Å². The number of hydrogen-bond acceptors (Lipinski definition) is 4. The average molecular weight is 326 g/mol. The van der Waals surface area contributed by atoms with Crippen molar-refractivity contribution in [3.8, 4) is 0 Å². The fourth-order valence-electron chi connectivity index (χ4n) is 2.15. The third kappa shape index (κ3) is 3.60. The molecule has 0 saturated heterocycles. The molecule has 0 saturated carbocycles. The smallest absolute Gasteiger partial charge is 0.335 e. The molecule has 3 rings (SSSR count). The first-order chi connectivity index (χ1) is 11.1. The van der Waals surface area contributed by atoms with E-state index in [1.807, 2.05) is 12.2 Å². The molecule has 0 radical (unpaired) electrons. The Morgan fingerprint density at radius 2 is 1.87 bits per heavy atom. The van der Waals surface area contributed by atoms with Crippen LogP contribution >= 0.6 is 11.8 Å². The molecule has 1 N–H and O–H groups in total. The molecule has 116 valence electrons. The Labute approximate surface area is 137 Å². The highest BCUT2D eigenvalue weighted by molar-refractivity contribution is 8.03. The van der Waals surface area contributed by atoms with Gasteiger partial charge in [0.1, 0.15) is 0 Å². The fraction of sp³-hybridized carbons (Fsp3) is 0.118. The van der Waals surface area contributed by atoms with Crippen molar-refractivity contribution in [1.29, 1.82) is 0 Å². The number of carboxylic acids is 1. The summed E-state index contributed by atoms with van der Waals surface area (Å²) in [4.78, 5) is 24.4. The molecular weight excluding hydrogens is 312 g/mol. The normalized spacial score (nSPS) is 14.2. The van der Waals surface area contributed by atoms with Crippen LogP contribution in [0.3, 0.4) is 0 Å². The minimum atomic E-state index is -1.02. The van der Waals surface area contributed by atoms with Crippen molar-refractivity contribution in [2.24, 2.45) is 0 Å². The Hall–Kier alpha value is -2.60. The molecule has 1 aliphatic rings. The van der Waals surface area contributed by atoms with Gasteiger partial charge in [0.25, 0.3) is 5.91 Å². The monoisotopic (exact) mass is 326 g/mol. The van der Waals surface area contributed by atoms with Crippen LogP contribution in [0.4, 0.5) is 0 Å². The molecule has 1 aliphatic heterocycles. The van der Waals surface area contributed by atoms with E-state index in [0.29, 0.717) is 11.3 Å². The molecule has 1 aromatic heterocycles. The van der Waals surface area contributed by atoms with Crippen LogP contribution in [0.15, 0.2) is 53.6 Å².